The van der Waals surface area contributed by atoms with Gasteiger partial charge in [-0.25, -0.2) is 0 Å². The molecule has 1 aliphatic heterocycles. The molecule has 2 N–H and O–H groups in total. The summed E-state index contributed by atoms with van der Waals surface area (Å²) in [6, 6.07) is 1.99. The third-order valence-electron chi connectivity index (χ3n) is 3.79. The zero-order valence-electron chi connectivity index (χ0n) is 11.9. The smallest absolute Gasteiger partial charge is 0.311 e. The van der Waals surface area contributed by atoms with Crippen molar-refractivity contribution >= 4 is 29.3 Å². The molecule has 1 amide bonds. The lowest BCUT2D eigenvalue weighted by Gasteiger charge is -2.32. The number of carboxylic acids is 1. The fraction of sp³-hybridized carbons (Fsp3) is 0.467. The van der Waals surface area contributed by atoms with E-state index in [2.05, 4.69) is 5.32 Å². The number of aliphatic carboxylic acids is 1. The van der Waals surface area contributed by atoms with E-state index in [4.69, 9.17) is 4.74 Å². The maximum absolute atomic E-state index is 11.8. The Morgan fingerprint density at radius 1 is 1.48 bits per heavy atom. The molecular weight excluding hydrogens is 290 g/mol. The molecule has 0 saturated carbocycles. The summed E-state index contributed by atoms with van der Waals surface area (Å²) < 4.78 is 5.20. The molecule has 1 saturated heterocycles. The molecular formula is C15H19NO4S. The topological polar surface area (TPSA) is 75.6 Å². The Morgan fingerprint density at radius 3 is 2.76 bits per heavy atom. The van der Waals surface area contributed by atoms with E-state index in [1.54, 1.807) is 17.4 Å². The van der Waals surface area contributed by atoms with Gasteiger partial charge in [-0.3, -0.25) is 9.59 Å². The lowest BCUT2D eigenvalue weighted by Crippen LogP contribution is -2.46. The minimum Gasteiger partial charge on any atom is -0.481 e. The van der Waals surface area contributed by atoms with Gasteiger partial charge >= 0.3 is 5.97 Å². The van der Waals surface area contributed by atoms with Crippen molar-refractivity contribution in [2.75, 3.05) is 19.8 Å². The summed E-state index contributed by atoms with van der Waals surface area (Å²) in [5.74, 6) is -1.14. The van der Waals surface area contributed by atoms with E-state index >= 15 is 0 Å². The molecule has 114 valence electrons. The van der Waals surface area contributed by atoms with Crippen molar-refractivity contribution in [1.29, 1.82) is 0 Å². The van der Waals surface area contributed by atoms with Gasteiger partial charge in [-0.05, 0) is 42.9 Å². The highest BCUT2D eigenvalue weighted by atomic mass is 32.1. The lowest BCUT2D eigenvalue weighted by atomic mass is 9.80. The first-order valence-corrected chi connectivity index (χ1v) is 7.73. The number of rotatable bonds is 5. The molecule has 21 heavy (non-hydrogen) atoms. The monoisotopic (exact) mass is 309 g/mol. The number of ether oxygens (including phenoxy) is 1. The van der Waals surface area contributed by atoms with Crippen LogP contribution < -0.4 is 5.32 Å². The average Bonchev–Trinajstić information content (AvgIpc) is 2.89. The predicted molar refractivity (Wildman–Crippen MR) is 81.2 cm³/mol. The van der Waals surface area contributed by atoms with Crippen LogP contribution in [0, 0.1) is 12.3 Å². The molecule has 6 heteroatoms. The third kappa shape index (κ3) is 3.92. The zero-order valence-corrected chi connectivity index (χ0v) is 12.7. The molecule has 0 spiro atoms. The van der Waals surface area contributed by atoms with Crippen LogP contribution in [0.5, 0.6) is 0 Å². The molecule has 1 aromatic heterocycles. The molecule has 1 fully saturated rings. The van der Waals surface area contributed by atoms with Gasteiger partial charge in [0.1, 0.15) is 0 Å². The van der Waals surface area contributed by atoms with E-state index in [0.717, 1.165) is 10.4 Å². The molecule has 0 bridgehead atoms. The van der Waals surface area contributed by atoms with Crippen molar-refractivity contribution in [3.05, 3.63) is 28.0 Å². The number of nitrogens with one attached hydrogen (secondary N) is 1. The number of carbonyl (C=O) groups excluding carboxylic acids is 1. The summed E-state index contributed by atoms with van der Waals surface area (Å²) in [7, 11) is 0. The van der Waals surface area contributed by atoms with Gasteiger partial charge in [-0.1, -0.05) is 0 Å². The molecule has 2 heterocycles. The van der Waals surface area contributed by atoms with Gasteiger partial charge in [0.2, 0.25) is 5.91 Å². The van der Waals surface area contributed by atoms with Crippen LogP contribution in [0.3, 0.4) is 0 Å². The normalized spacial score (nSPS) is 17.8. The van der Waals surface area contributed by atoms with Crippen LogP contribution in [-0.2, 0) is 14.3 Å². The van der Waals surface area contributed by atoms with E-state index in [9.17, 15) is 14.7 Å². The molecule has 0 aromatic carbocycles. The standard InChI is InChI=1S/C15H19NO4S/c1-11-4-9-21-12(11)2-3-13(17)16-10-15(14(18)19)5-7-20-8-6-15/h2-4,9H,5-8,10H2,1H3,(H,16,17)(H,18,19)/b3-2+. The molecule has 2 rings (SSSR count). The third-order valence-corrected chi connectivity index (χ3v) is 4.78. The van der Waals surface area contributed by atoms with Gasteiger partial charge in [0, 0.05) is 30.7 Å². The number of amides is 1. The van der Waals surface area contributed by atoms with Crippen LogP contribution in [0.25, 0.3) is 6.08 Å². The van der Waals surface area contributed by atoms with Crippen molar-refractivity contribution < 1.29 is 19.4 Å². The number of carbonyl (C=O) groups is 2. The Labute approximate surface area is 127 Å². The quantitative estimate of drug-likeness (QED) is 0.816. The van der Waals surface area contributed by atoms with E-state index in [0.29, 0.717) is 26.1 Å². The van der Waals surface area contributed by atoms with Crippen LogP contribution in [-0.4, -0.2) is 36.7 Å². The Kier molecular flexibility index (Phi) is 5.14. The second-order valence-corrected chi connectivity index (χ2v) is 6.16. The first-order valence-electron chi connectivity index (χ1n) is 6.85. The molecule has 5 nitrogen and oxygen atoms in total. The largest absolute Gasteiger partial charge is 0.481 e. The van der Waals surface area contributed by atoms with Gasteiger partial charge in [0.15, 0.2) is 0 Å². The number of thiophene rings is 1. The van der Waals surface area contributed by atoms with Crippen LogP contribution in [0.2, 0.25) is 0 Å². The summed E-state index contributed by atoms with van der Waals surface area (Å²) in [6.07, 6.45) is 4.06. The van der Waals surface area contributed by atoms with Crippen LogP contribution in [0.1, 0.15) is 23.3 Å². The van der Waals surface area contributed by atoms with E-state index < -0.39 is 11.4 Å². The van der Waals surface area contributed by atoms with E-state index in [1.807, 2.05) is 18.4 Å². The maximum Gasteiger partial charge on any atom is 0.311 e. The van der Waals surface area contributed by atoms with Crippen molar-refractivity contribution in [2.45, 2.75) is 19.8 Å². The summed E-state index contributed by atoms with van der Waals surface area (Å²) in [5, 5.41) is 14.1. The van der Waals surface area contributed by atoms with Gasteiger partial charge < -0.3 is 15.2 Å². The molecule has 0 radical (unpaired) electrons. The van der Waals surface area contributed by atoms with Crippen LogP contribution in [0.15, 0.2) is 17.5 Å². The number of carboxylic acid groups (broad SMARTS) is 1. The Hall–Kier alpha value is -1.66. The Bertz CT molecular complexity index is 544. The van der Waals surface area contributed by atoms with E-state index in [1.165, 1.54) is 6.08 Å². The van der Waals surface area contributed by atoms with Crippen molar-refractivity contribution in [3.8, 4) is 0 Å². The Balaban J connectivity index is 1.92. The molecule has 0 atom stereocenters. The van der Waals surface area contributed by atoms with Crippen molar-refractivity contribution in [2.24, 2.45) is 5.41 Å². The molecule has 0 aliphatic carbocycles. The second-order valence-electron chi connectivity index (χ2n) is 5.22. The van der Waals surface area contributed by atoms with Gasteiger partial charge in [0.25, 0.3) is 0 Å². The lowest BCUT2D eigenvalue weighted by molar-refractivity contribution is -0.154. The summed E-state index contributed by atoms with van der Waals surface area (Å²) >= 11 is 1.56. The average molecular weight is 309 g/mol. The van der Waals surface area contributed by atoms with E-state index in [-0.39, 0.29) is 12.5 Å². The SMILES string of the molecule is Cc1ccsc1/C=C/C(=O)NCC1(C(=O)O)CCOCC1. The minimum atomic E-state index is -0.902. The zero-order chi connectivity index (χ0) is 15.3. The fourth-order valence-corrected chi connectivity index (χ4v) is 3.07. The first-order chi connectivity index (χ1) is 10.0. The summed E-state index contributed by atoms with van der Waals surface area (Å²) in [6.45, 7) is 2.96. The highest BCUT2D eigenvalue weighted by molar-refractivity contribution is 7.11. The van der Waals surface area contributed by atoms with Gasteiger partial charge in [0.05, 0.1) is 5.41 Å². The van der Waals surface area contributed by atoms with Crippen LogP contribution in [0.4, 0.5) is 0 Å². The highest BCUT2D eigenvalue weighted by Gasteiger charge is 2.40. The minimum absolute atomic E-state index is 0.137. The van der Waals surface area contributed by atoms with Gasteiger partial charge in [-0.15, -0.1) is 11.3 Å². The second kappa shape index (κ2) is 6.87. The maximum atomic E-state index is 11.8. The number of aryl methyl sites for hydroxylation is 1. The molecule has 1 aromatic rings. The first kappa shape index (κ1) is 15.7. The fourth-order valence-electron chi connectivity index (χ4n) is 2.25. The van der Waals surface area contributed by atoms with Crippen molar-refractivity contribution in [3.63, 3.8) is 0 Å². The molecule has 0 unspecified atom stereocenters. The Morgan fingerprint density at radius 2 is 2.19 bits per heavy atom. The van der Waals surface area contributed by atoms with Crippen molar-refractivity contribution in [1.82, 2.24) is 5.32 Å². The molecule has 1 aliphatic rings. The van der Waals surface area contributed by atoms with Crippen LogP contribution >= 0.6 is 11.3 Å². The van der Waals surface area contributed by atoms with Gasteiger partial charge in [-0.2, -0.15) is 0 Å². The number of hydrogen-bond acceptors (Lipinski definition) is 4. The summed E-state index contributed by atoms with van der Waals surface area (Å²) in [4.78, 5) is 24.3. The predicted octanol–water partition coefficient (Wildman–Crippen LogP) is 2.07. The highest BCUT2D eigenvalue weighted by Crippen LogP contribution is 2.30. The number of hydrogen-bond donors (Lipinski definition) is 2. The summed E-state index contributed by atoms with van der Waals surface area (Å²) in [5.41, 5.74) is 0.219.